The largest absolute Gasteiger partial charge is 0.497 e. The van der Waals surface area contributed by atoms with Crippen molar-refractivity contribution < 1.29 is 19.4 Å². The van der Waals surface area contributed by atoms with Crippen LogP contribution in [0.2, 0.25) is 0 Å². The van der Waals surface area contributed by atoms with E-state index in [2.05, 4.69) is 35.2 Å². The van der Waals surface area contributed by atoms with Crippen molar-refractivity contribution in [3.8, 4) is 5.75 Å². The Morgan fingerprint density at radius 2 is 2.21 bits per heavy atom. The molecule has 0 spiro atoms. The molecular formula is C24H37N5O4. The Morgan fingerprint density at radius 3 is 2.97 bits per heavy atom. The molecule has 1 N–H and O–H groups in total. The number of nitrogens with zero attached hydrogens (tertiary/aromatic N) is 5. The molecule has 1 aliphatic rings. The van der Waals surface area contributed by atoms with Gasteiger partial charge >= 0.3 is 0 Å². The molecule has 0 unspecified atom stereocenters. The second-order valence-electron chi connectivity index (χ2n) is 9.03. The van der Waals surface area contributed by atoms with Gasteiger partial charge in [-0.15, -0.1) is 5.10 Å². The summed E-state index contributed by atoms with van der Waals surface area (Å²) >= 11 is 0. The van der Waals surface area contributed by atoms with Gasteiger partial charge in [-0.2, -0.15) is 0 Å². The number of likely N-dealkylation sites (N-methyl/N-ethyl adjacent to an activating group) is 1. The van der Waals surface area contributed by atoms with Crippen LogP contribution in [0, 0.1) is 5.92 Å². The highest BCUT2D eigenvalue weighted by Crippen LogP contribution is 2.19. The third-order valence-electron chi connectivity index (χ3n) is 6.12. The Hall–Kier alpha value is -2.49. The lowest BCUT2D eigenvalue weighted by Gasteiger charge is -2.35. The lowest BCUT2D eigenvalue weighted by Crippen LogP contribution is -2.47. The predicted molar refractivity (Wildman–Crippen MR) is 125 cm³/mol. The van der Waals surface area contributed by atoms with Crippen molar-refractivity contribution in [1.29, 1.82) is 0 Å². The first-order valence-electron chi connectivity index (χ1n) is 11.6. The zero-order valence-corrected chi connectivity index (χ0v) is 20.2. The van der Waals surface area contributed by atoms with Gasteiger partial charge in [-0.1, -0.05) is 24.3 Å². The van der Waals surface area contributed by atoms with Crippen LogP contribution in [0.4, 0.5) is 0 Å². The van der Waals surface area contributed by atoms with Crippen LogP contribution in [0.5, 0.6) is 5.75 Å². The highest BCUT2D eigenvalue weighted by molar-refractivity contribution is 5.76. The number of benzene rings is 1. The number of ether oxygens (including phenoxy) is 2. The number of hydrogen-bond acceptors (Lipinski definition) is 7. The molecule has 1 aromatic heterocycles. The van der Waals surface area contributed by atoms with E-state index in [0.717, 1.165) is 23.6 Å². The summed E-state index contributed by atoms with van der Waals surface area (Å²) in [6.45, 7) is 6.88. The molecule has 0 aliphatic carbocycles. The summed E-state index contributed by atoms with van der Waals surface area (Å²) in [7, 11) is 3.73. The SMILES string of the molecule is COc1cccc(CN(C)C[C@@H]2OCc3cn(nn3)CCCC(=O)N([C@H](C)CO)C[C@@H]2C)c1. The van der Waals surface area contributed by atoms with E-state index < -0.39 is 0 Å². The Balaban J connectivity index is 1.75. The number of aryl methyl sites for hydroxylation is 1. The highest BCUT2D eigenvalue weighted by Gasteiger charge is 2.28. The van der Waals surface area contributed by atoms with Crippen LogP contribution in [-0.2, 0) is 29.2 Å². The molecule has 2 bridgehead atoms. The summed E-state index contributed by atoms with van der Waals surface area (Å²) in [6.07, 6.45) is 2.84. The van der Waals surface area contributed by atoms with Crippen molar-refractivity contribution in [3.63, 3.8) is 0 Å². The fourth-order valence-electron chi connectivity index (χ4n) is 4.15. The molecule has 3 rings (SSSR count). The molecule has 3 atom stereocenters. The fraction of sp³-hybridized carbons (Fsp3) is 0.625. The number of aromatic nitrogens is 3. The molecule has 0 saturated carbocycles. The number of carbonyl (C=O) groups is 1. The molecule has 1 aromatic carbocycles. The third-order valence-corrected chi connectivity index (χ3v) is 6.12. The van der Waals surface area contributed by atoms with Gasteiger partial charge in [-0.25, -0.2) is 0 Å². The van der Waals surface area contributed by atoms with E-state index in [1.165, 1.54) is 0 Å². The number of rotatable bonds is 7. The van der Waals surface area contributed by atoms with Crippen molar-refractivity contribution in [3.05, 3.63) is 41.7 Å². The van der Waals surface area contributed by atoms with Crippen molar-refractivity contribution in [2.75, 3.05) is 33.9 Å². The van der Waals surface area contributed by atoms with Gasteiger partial charge in [-0.05, 0) is 38.1 Å². The summed E-state index contributed by atoms with van der Waals surface area (Å²) in [5.41, 5.74) is 1.94. The van der Waals surface area contributed by atoms with Crippen LogP contribution >= 0.6 is 0 Å². The van der Waals surface area contributed by atoms with Crippen LogP contribution < -0.4 is 4.74 Å². The van der Waals surface area contributed by atoms with Gasteiger partial charge in [0.25, 0.3) is 0 Å². The molecule has 0 fully saturated rings. The zero-order valence-electron chi connectivity index (χ0n) is 20.2. The summed E-state index contributed by atoms with van der Waals surface area (Å²) in [4.78, 5) is 17.0. The van der Waals surface area contributed by atoms with Gasteiger partial charge in [0.1, 0.15) is 11.4 Å². The number of aliphatic hydroxyl groups excluding tert-OH is 1. The summed E-state index contributed by atoms with van der Waals surface area (Å²) in [6, 6.07) is 7.80. The molecule has 182 valence electrons. The van der Waals surface area contributed by atoms with Gasteiger partial charge in [0, 0.05) is 38.5 Å². The molecule has 9 heteroatoms. The molecular weight excluding hydrogens is 422 g/mol. The number of amides is 1. The standard InChI is InChI=1S/C24H37N5O4/c1-18-12-29(19(2)16-30)24(31)9-6-10-28-14-21(25-26-28)17-33-23(18)15-27(3)13-20-7-5-8-22(11-20)32-4/h5,7-8,11,14,18-19,23,30H,6,9-10,12-13,15-17H2,1-4H3/t18-,19+,23-/m0/s1. The van der Waals surface area contributed by atoms with Crippen molar-refractivity contribution in [1.82, 2.24) is 24.8 Å². The smallest absolute Gasteiger partial charge is 0.222 e. The maximum atomic E-state index is 13.0. The van der Waals surface area contributed by atoms with E-state index in [1.54, 1.807) is 16.7 Å². The van der Waals surface area contributed by atoms with Crippen molar-refractivity contribution in [2.24, 2.45) is 5.92 Å². The van der Waals surface area contributed by atoms with E-state index in [0.29, 0.717) is 39.1 Å². The first kappa shape index (κ1) is 25.1. The van der Waals surface area contributed by atoms with Crippen LogP contribution in [0.25, 0.3) is 0 Å². The molecule has 2 heterocycles. The maximum Gasteiger partial charge on any atom is 0.222 e. The predicted octanol–water partition coefficient (Wildman–Crippen LogP) is 1.94. The Bertz CT molecular complexity index is 889. The van der Waals surface area contributed by atoms with Crippen molar-refractivity contribution in [2.45, 2.75) is 58.5 Å². The van der Waals surface area contributed by atoms with Gasteiger partial charge in [0.2, 0.25) is 5.91 Å². The van der Waals surface area contributed by atoms with Crippen LogP contribution in [0.3, 0.4) is 0 Å². The molecule has 9 nitrogen and oxygen atoms in total. The van der Waals surface area contributed by atoms with Crippen LogP contribution in [0.15, 0.2) is 30.5 Å². The second kappa shape index (κ2) is 12.1. The topological polar surface area (TPSA) is 93.0 Å². The van der Waals surface area contributed by atoms with Gasteiger partial charge in [0.05, 0.1) is 38.7 Å². The molecule has 1 aliphatic heterocycles. The molecule has 2 aromatic rings. The zero-order chi connectivity index (χ0) is 23.8. The number of carbonyl (C=O) groups excluding carboxylic acids is 1. The molecule has 33 heavy (non-hydrogen) atoms. The molecule has 1 amide bonds. The van der Waals surface area contributed by atoms with E-state index in [1.807, 2.05) is 31.3 Å². The van der Waals surface area contributed by atoms with E-state index in [-0.39, 0.29) is 30.6 Å². The lowest BCUT2D eigenvalue weighted by atomic mass is 10.0. The molecule has 0 saturated heterocycles. The van der Waals surface area contributed by atoms with Gasteiger partial charge in [0.15, 0.2) is 0 Å². The summed E-state index contributed by atoms with van der Waals surface area (Å²) in [5, 5.41) is 18.1. The third kappa shape index (κ3) is 7.25. The number of fused-ring (bicyclic) bond motifs is 2. The second-order valence-corrected chi connectivity index (χ2v) is 9.03. The summed E-state index contributed by atoms with van der Waals surface area (Å²) < 4.78 is 13.4. The first-order chi connectivity index (χ1) is 15.9. The number of methoxy groups -OCH3 is 1. The van der Waals surface area contributed by atoms with E-state index in [4.69, 9.17) is 9.47 Å². The maximum absolute atomic E-state index is 13.0. The highest BCUT2D eigenvalue weighted by atomic mass is 16.5. The van der Waals surface area contributed by atoms with E-state index in [9.17, 15) is 9.90 Å². The van der Waals surface area contributed by atoms with Crippen molar-refractivity contribution >= 4 is 5.91 Å². The van der Waals surface area contributed by atoms with Gasteiger partial charge < -0.3 is 19.5 Å². The number of hydrogen-bond donors (Lipinski definition) is 1. The van der Waals surface area contributed by atoms with Gasteiger partial charge in [-0.3, -0.25) is 14.4 Å². The fourth-order valence-corrected chi connectivity index (χ4v) is 4.15. The minimum absolute atomic E-state index is 0.0477. The normalized spacial score (nSPS) is 21.3. The monoisotopic (exact) mass is 459 g/mol. The average Bonchev–Trinajstić information content (AvgIpc) is 3.26. The first-order valence-corrected chi connectivity index (χ1v) is 11.6. The quantitative estimate of drug-likeness (QED) is 0.676. The van der Waals surface area contributed by atoms with Crippen LogP contribution in [-0.4, -0.2) is 81.8 Å². The Kier molecular flexibility index (Phi) is 9.22. The number of aliphatic hydroxyl groups is 1. The minimum Gasteiger partial charge on any atom is -0.497 e. The van der Waals surface area contributed by atoms with Crippen LogP contribution in [0.1, 0.15) is 37.9 Å². The van der Waals surface area contributed by atoms with E-state index >= 15 is 0 Å². The Labute approximate surface area is 196 Å². The molecule has 0 radical (unpaired) electrons. The minimum atomic E-state index is -0.238. The average molecular weight is 460 g/mol. The summed E-state index contributed by atoms with van der Waals surface area (Å²) in [5.74, 6) is 0.945. The lowest BCUT2D eigenvalue weighted by molar-refractivity contribution is -0.136. The Morgan fingerprint density at radius 1 is 1.39 bits per heavy atom.